The van der Waals surface area contributed by atoms with Gasteiger partial charge in [0.25, 0.3) is 0 Å². The highest BCUT2D eigenvalue weighted by atomic mass is 16.5. The van der Waals surface area contributed by atoms with E-state index in [1.165, 1.54) is 6.33 Å². The third-order valence-corrected chi connectivity index (χ3v) is 5.39. The molecular weight excluding hydrogens is 442 g/mol. The number of carbonyl (C=O) groups excluding carboxylic acids is 1. The van der Waals surface area contributed by atoms with Gasteiger partial charge in [-0.25, -0.2) is 9.97 Å². The Morgan fingerprint density at radius 2 is 1.89 bits per heavy atom. The zero-order valence-electron chi connectivity index (χ0n) is 20.3. The van der Waals surface area contributed by atoms with Crippen LogP contribution in [0, 0.1) is 13.8 Å². The number of pyridine rings is 1. The van der Waals surface area contributed by atoms with E-state index in [1.807, 2.05) is 76.2 Å². The largest absolute Gasteiger partial charge is 0.491 e. The van der Waals surface area contributed by atoms with Crippen molar-refractivity contribution in [1.82, 2.24) is 20.3 Å². The number of rotatable bonds is 9. The van der Waals surface area contributed by atoms with Gasteiger partial charge in [0.1, 0.15) is 36.0 Å². The van der Waals surface area contributed by atoms with Crippen LogP contribution in [0.2, 0.25) is 0 Å². The lowest BCUT2D eigenvalue weighted by atomic mass is 10.1. The van der Waals surface area contributed by atoms with Crippen molar-refractivity contribution in [3.63, 3.8) is 0 Å². The summed E-state index contributed by atoms with van der Waals surface area (Å²) in [6.07, 6.45) is 3.67. The third kappa shape index (κ3) is 6.03. The van der Waals surface area contributed by atoms with Crippen molar-refractivity contribution >= 4 is 28.3 Å². The Labute approximate surface area is 204 Å². The number of benzene rings is 2. The molecule has 0 aliphatic rings. The third-order valence-electron chi connectivity index (χ3n) is 5.39. The second-order valence-corrected chi connectivity index (χ2v) is 8.35. The van der Waals surface area contributed by atoms with Crippen LogP contribution in [-0.4, -0.2) is 33.5 Å². The molecule has 0 unspecified atom stereocenters. The highest BCUT2D eigenvalue weighted by Gasteiger charge is 2.13. The van der Waals surface area contributed by atoms with E-state index in [1.54, 1.807) is 6.20 Å². The molecule has 2 aromatic carbocycles. The molecule has 35 heavy (non-hydrogen) atoms. The second kappa shape index (κ2) is 10.8. The average molecular weight is 472 g/mol. The van der Waals surface area contributed by atoms with Gasteiger partial charge in [-0.2, -0.15) is 0 Å². The molecule has 2 aromatic heterocycles. The van der Waals surface area contributed by atoms with Gasteiger partial charge >= 0.3 is 0 Å². The number of amides is 1. The number of ether oxygens (including phenoxy) is 2. The highest BCUT2D eigenvalue weighted by molar-refractivity contribution is 5.95. The first-order chi connectivity index (χ1) is 16.9. The number of hydrogen-bond acceptors (Lipinski definition) is 7. The van der Waals surface area contributed by atoms with E-state index in [4.69, 9.17) is 9.47 Å². The predicted octanol–water partition coefficient (Wildman–Crippen LogP) is 5.47. The standard InChI is InChI=1S/C27H29N5O3/c1-5-25(33)31-19(4)15-34-24-8-6-7-22-26(24)27(30-16-29-22)32-20-10-12-23(17(2)13-20)35-21-11-9-18(3)28-14-21/h6-14,16,19H,5,15H2,1-4H3,(H,31,33)(H,29,30,32)/t19-/m0/s1. The van der Waals surface area contributed by atoms with E-state index >= 15 is 0 Å². The molecule has 0 radical (unpaired) electrons. The second-order valence-electron chi connectivity index (χ2n) is 8.35. The lowest BCUT2D eigenvalue weighted by Crippen LogP contribution is -2.36. The first-order valence-corrected chi connectivity index (χ1v) is 11.6. The van der Waals surface area contributed by atoms with Gasteiger partial charge < -0.3 is 20.1 Å². The van der Waals surface area contributed by atoms with Crippen molar-refractivity contribution in [2.75, 3.05) is 11.9 Å². The summed E-state index contributed by atoms with van der Waals surface area (Å²) in [5, 5.41) is 7.07. The molecule has 4 aromatic rings. The Morgan fingerprint density at radius 1 is 1.03 bits per heavy atom. The molecule has 8 nitrogen and oxygen atoms in total. The Hall–Kier alpha value is -4.20. The van der Waals surface area contributed by atoms with Crippen LogP contribution in [0.1, 0.15) is 31.5 Å². The van der Waals surface area contributed by atoms with Crippen LogP contribution in [0.15, 0.2) is 61.1 Å². The van der Waals surface area contributed by atoms with Gasteiger partial charge in [0.15, 0.2) is 0 Å². The molecule has 0 spiro atoms. The lowest BCUT2D eigenvalue weighted by molar-refractivity contribution is -0.121. The Balaban J connectivity index is 1.54. The minimum absolute atomic E-state index is 0.00820. The number of nitrogens with zero attached hydrogens (tertiary/aromatic N) is 3. The zero-order valence-corrected chi connectivity index (χ0v) is 20.3. The number of fused-ring (bicyclic) bond motifs is 1. The molecule has 2 heterocycles. The maximum atomic E-state index is 11.7. The molecule has 0 aliphatic heterocycles. The Morgan fingerprint density at radius 3 is 2.63 bits per heavy atom. The molecule has 180 valence electrons. The topological polar surface area (TPSA) is 98.3 Å². The van der Waals surface area contributed by atoms with E-state index < -0.39 is 0 Å². The van der Waals surface area contributed by atoms with Crippen LogP contribution < -0.4 is 20.1 Å². The molecule has 0 saturated heterocycles. The van der Waals surface area contributed by atoms with Crippen molar-refractivity contribution < 1.29 is 14.3 Å². The monoisotopic (exact) mass is 471 g/mol. The van der Waals surface area contributed by atoms with Crippen LogP contribution >= 0.6 is 0 Å². The molecule has 0 aliphatic carbocycles. The van der Waals surface area contributed by atoms with Gasteiger partial charge in [0, 0.05) is 17.8 Å². The van der Waals surface area contributed by atoms with E-state index in [0.717, 1.165) is 33.6 Å². The molecule has 2 N–H and O–H groups in total. The minimum atomic E-state index is -0.127. The number of aromatic nitrogens is 3. The summed E-state index contributed by atoms with van der Waals surface area (Å²) in [4.78, 5) is 24.8. The number of nitrogens with one attached hydrogen (secondary N) is 2. The summed E-state index contributed by atoms with van der Waals surface area (Å²) in [7, 11) is 0. The summed E-state index contributed by atoms with van der Waals surface area (Å²) in [5.74, 6) is 2.71. The van der Waals surface area contributed by atoms with Gasteiger partial charge in [-0.05, 0) is 68.8 Å². The van der Waals surface area contributed by atoms with E-state index in [2.05, 4.69) is 25.6 Å². The van der Waals surface area contributed by atoms with Crippen LogP contribution in [0.4, 0.5) is 11.5 Å². The van der Waals surface area contributed by atoms with Gasteiger partial charge in [0.05, 0.1) is 23.1 Å². The molecule has 1 amide bonds. The molecular formula is C27H29N5O3. The maximum absolute atomic E-state index is 11.7. The van der Waals surface area contributed by atoms with Crippen molar-refractivity contribution in [2.45, 2.75) is 40.2 Å². The minimum Gasteiger partial charge on any atom is -0.491 e. The van der Waals surface area contributed by atoms with Crippen molar-refractivity contribution in [2.24, 2.45) is 0 Å². The molecule has 4 rings (SSSR count). The van der Waals surface area contributed by atoms with Gasteiger partial charge in [-0.3, -0.25) is 9.78 Å². The summed E-state index contributed by atoms with van der Waals surface area (Å²) >= 11 is 0. The first-order valence-electron chi connectivity index (χ1n) is 11.6. The summed E-state index contributed by atoms with van der Waals surface area (Å²) in [6, 6.07) is 15.2. The van der Waals surface area contributed by atoms with E-state index in [0.29, 0.717) is 30.3 Å². The smallest absolute Gasteiger partial charge is 0.220 e. The van der Waals surface area contributed by atoms with Crippen molar-refractivity contribution in [3.05, 3.63) is 72.3 Å². The first kappa shape index (κ1) is 23.9. The molecule has 0 saturated carbocycles. The Bertz CT molecular complexity index is 1320. The summed E-state index contributed by atoms with van der Waals surface area (Å²) in [6.45, 7) is 7.99. The quantitative estimate of drug-likeness (QED) is 0.334. The molecule has 0 fully saturated rings. The zero-order chi connectivity index (χ0) is 24.8. The fourth-order valence-corrected chi connectivity index (χ4v) is 3.55. The van der Waals surface area contributed by atoms with Crippen LogP contribution in [-0.2, 0) is 4.79 Å². The fourth-order valence-electron chi connectivity index (χ4n) is 3.55. The lowest BCUT2D eigenvalue weighted by Gasteiger charge is -2.17. The molecule has 1 atom stereocenters. The number of anilines is 2. The van der Waals surface area contributed by atoms with Crippen LogP contribution in [0.5, 0.6) is 17.2 Å². The average Bonchev–Trinajstić information content (AvgIpc) is 2.85. The highest BCUT2D eigenvalue weighted by Crippen LogP contribution is 2.33. The SMILES string of the molecule is CCC(=O)N[C@@H](C)COc1cccc2ncnc(Nc3ccc(Oc4ccc(C)nc4)c(C)c3)c12. The van der Waals surface area contributed by atoms with Crippen molar-refractivity contribution in [3.8, 4) is 17.2 Å². The number of aryl methyl sites for hydroxylation is 2. The number of hydrogen-bond donors (Lipinski definition) is 2. The summed E-state index contributed by atoms with van der Waals surface area (Å²) < 4.78 is 12.0. The molecule has 0 bridgehead atoms. The predicted molar refractivity (Wildman–Crippen MR) is 136 cm³/mol. The van der Waals surface area contributed by atoms with E-state index in [-0.39, 0.29) is 11.9 Å². The van der Waals surface area contributed by atoms with E-state index in [9.17, 15) is 4.79 Å². The van der Waals surface area contributed by atoms with Gasteiger partial charge in [-0.1, -0.05) is 13.0 Å². The molecule has 8 heteroatoms. The van der Waals surface area contributed by atoms with Gasteiger partial charge in [0.2, 0.25) is 5.91 Å². The summed E-state index contributed by atoms with van der Waals surface area (Å²) in [5.41, 5.74) is 3.52. The number of carbonyl (C=O) groups is 1. The normalized spacial score (nSPS) is 11.7. The Kier molecular flexibility index (Phi) is 7.40. The van der Waals surface area contributed by atoms with Crippen LogP contribution in [0.3, 0.4) is 0 Å². The fraction of sp³-hybridized carbons (Fsp3) is 0.259. The van der Waals surface area contributed by atoms with Gasteiger partial charge in [-0.15, -0.1) is 0 Å². The van der Waals surface area contributed by atoms with Crippen LogP contribution in [0.25, 0.3) is 10.9 Å². The maximum Gasteiger partial charge on any atom is 0.220 e. The van der Waals surface area contributed by atoms with Crippen molar-refractivity contribution in [1.29, 1.82) is 0 Å².